The van der Waals surface area contributed by atoms with Crippen LogP contribution < -0.4 is 19.5 Å². The molecule has 0 spiro atoms. The second-order valence-corrected chi connectivity index (χ2v) is 10.6. The van der Waals surface area contributed by atoms with Crippen molar-refractivity contribution in [3.8, 4) is 11.5 Å². The maximum absolute atomic E-state index is 13.9. The number of carbonyl (C=O) groups excluding carboxylic acids is 2. The largest absolute Gasteiger partial charge is 0.872 e. The number of aryl methyl sites for hydroxylation is 1. The number of hydrogen-bond donors (Lipinski definition) is 1. The van der Waals surface area contributed by atoms with Crippen LogP contribution in [-0.2, 0) is 14.3 Å². The summed E-state index contributed by atoms with van der Waals surface area (Å²) >= 11 is 0. The van der Waals surface area contributed by atoms with Crippen molar-refractivity contribution in [1.82, 2.24) is 4.90 Å². The van der Waals surface area contributed by atoms with Crippen LogP contribution in [0.5, 0.6) is 11.5 Å². The number of Topliss-reactive ketones (excluding diaryl/α,β-unsaturated/α-hetero) is 1. The van der Waals surface area contributed by atoms with Crippen molar-refractivity contribution in [3.05, 3.63) is 64.7 Å². The molecule has 0 bridgehead atoms. The molecule has 8 nitrogen and oxygen atoms in total. The van der Waals surface area contributed by atoms with Crippen molar-refractivity contribution >= 4 is 17.4 Å². The predicted octanol–water partition coefficient (Wildman–Crippen LogP) is 1.96. The van der Waals surface area contributed by atoms with Crippen molar-refractivity contribution in [2.75, 3.05) is 52.6 Å². The molecule has 2 saturated heterocycles. The van der Waals surface area contributed by atoms with Gasteiger partial charge in [-0.1, -0.05) is 37.8 Å². The van der Waals surface area contributed by atoms with Crippen LogP contribution in [0.2, 0.25) is 0 Å². The number of likely N-dealkylation sites (tertiary alicyclic amines) is 1. The van der Waals surface area contributed by atoms with Gasteiger partial charge in [0.2, 0.25) is 5.78 Å². The Kier molecular flexibility index (Phi) is 9.64. The van der Waals surface area contributed by atoms with Gasteiger partial charge in [0.1, 0.15) is 24.6 Å². The molecule has 4 rings (SSSR count). The Hall–Kier alpha value is -3.36. The summed E-state index contributed by atoms with van der Waals surface area (Å²) in [6.45, 7) is 13.6. The first-order valence-corrected chi connectivity index (χ1v) is 13.9. The first-order valence-electron chi connectivity index (χ1n) is 13.9. The predicted molar refractivity (Wildman–Crippen MR) is 147 cm³/mol. The monoisotopic (exact) mass is 536 g/mol. The van der Waals surface area contributed by atoms with Gasteiger partial charge < -0.3 is 29.1 Å². The molecule has 39 heavy (non-hydrogen) atoms. The summed E-state index contributed by atoms with van der Waals surface area (Å²) in [5.41, 5.74) is 1.82. The lowest BCUT2D eigenvalue weighted by Gasteiger charge is -2.29. The van der Waals surface area contributed by atoms with Gasteiger partial charge in [0, 0.05) is 18.5 Å². The molecule has 0 aliphatic carbocycles. The molecule has 1 amide bonds. The van der Waals surface area contributed by atoms with Gasteiger partial charge in [-0.25, -0.2) is 0 Å². The summed E-state index contributed by atoms with van der Waals surface area (Å²) in [5, 5.41) is 13.9. The van der Waals surface area contributed by atoms with E-state index in [1.807, 2.05) is 44.2 Å². The third kappa shape index (κ3) is 6.81. The minimum Gasteiger partial charge on any atom is -0.872 e. The van der Waals surface area contributed by atoms with Gasteiger partial charge in [0.25, 0.3) is 5.91 Å². The van der Waals surface area contributed by atoms with E-state index in [1.165, 1.54) is 4.90 Å². The van der Waals surface area contributed by atoms with Gasteiger partial charge in [-0.2, -0.15) is 0 Å². The van der Waals surface area contributed by atoms with Gasteiger partial charge in [-0.3, -0.25) is 9.59 Å². The van der Waals surface area contributed by atoms with E-state index in [2.05, 4.69) is 13.8 Å². The number of amides is 1. The molecule has 8 heteroatoms. The summed E-state index contributed by atoms with van der Waals surface area (Å²) in [6.07, 6.45) is 0.726. The molecule has 1 unspecified atom stereocenters. The van der Waals surface area contributed by atoms with E-state index in [9.17, 15) is 14.7 Å². The molecule has 0 radical (unpaired) electrons. The minimum absolute atomic E-state index is 0.00169. The SMILES string of the molecule is CCOc1ccc(C2C(=C([O-])c3ccc(OCC(C)C)cc3C)C(=O)C(=O)N2CCC[NH+]2CCOCC2)cc1. The van der Waals surface area contributed by atoms with E-state index in [4.69, 9.17) is 14.2 Å². The molecule has 2 aromatic carbocycles. The van der Waals surface area contributed by atoms with Gasteiger partial charge in [-0.05, 0) is 60.7 Å². The summed E-state index contributed by atoms with van der Waals surface area (Å²) in [6, 6.07) is 11.8. The highest BCUT2D eigenvalue weighted by Gasteiger charge is 2.44. The summed E-state index contributed by atoms with van der Waals surface area (Å²) in [5.74, 6) is -0.0238. The van der Waals surface area contributed by atoms with Crippen molar-refractivity contribution in [3.63, 3.8) is 0 Å². The molecular weight excluding hydrogens is 496 g/mol. The van der Waals surface area contributed by atoms with E-state index >= 15 is 0 Å². The van der Waals surface area contributed by atoms with Crippen LogP contribution in [0.4, 0.5) is 0 Å². The van der Waals surface area contributed by atoms with Crippen molar-refractivity contribution in [1.29, 1.82) is 0 Å². The fourth-order valence-electron chi connectivity index (χ4n) is 5.16. The molecular formula is C31H40N2O6. The molecule has 210 valence electrons. The van der Waals surface area contributed by atoms with Gasteiger partial charge in [-0.15, -0.1) is 0 Å². The molecule has 2 aromatic rings. The molecule has 1 atom stereocenters. The van der Waals surface area contributed by atoms with Crippen molar-refractivity contribution in [2.24, 2.45) is 5.92 Å². The van der Waals surface area contributed by atoms with E-state index < -0.39 is 23.5 Å². The van der Waals surface area contributed by atoms with E-state index in [0.717, 1.165) is 39.3 Å². The maximum atomic E-state index is 13.9. The molecule has 2 aliphatic heterocycles. The normalized spacial score (nSPS) is 19.6. The molecule has 0 saturated carbocycles. The number of quaternary nitrogens is 1. The number of benzene rings is 2. The number of ketones is 1. The zero-order valence-electron chi connectivity index (χ0n) is 23.5. The second kappa shape index (κ2) is 13.1. The van der Waals surface area contributed by atoms with E-state index in [1.54, 1.807) is 17.0 Å². The Balaban J connectivity index is 1.66. The lowest BCUT2D eigenvalue weighted by atomic mass is 9.93. The maximum Gasteiger partial charge on any atom is 0.295 e. The Bertz CT molecular complexity index is 1180. The molecule has 2 fully saturated rings. The van der Waals surface area contributed by atoms with Crippen LogP contribution >= 0.6 is 0 Å². The standard InChI is InChI=1S/C31H40N2O6/c1-5-38-24-9-7-23(8-10-24)28-27(29(34)26-12-11-25(19-22(26)4)39-20-21(2)3)30(35)31(36)33(28)14-6-13-32-15-17-37-18-16-32/h7-12,19,21,28,34H,5-6,13-18,20H2,1-4H3. The van der Waals surface area contributed by atoms with Gasteiger partial charge in [0.05, 0.1) is 39.0 Å². The first kappa shape index (κ1) is 28.6. The van der Waals surface area contributed by atoms with Crippen LogP contribution in [0.25, 0.3) is 5.76 Å². The summed E-state index contributed by atoms with van der Waals surface area (Å²) in [4.78, 5) is 29.7. The highest BCUT2D eigenvalue weighted by molar-refractivity contribution is 6.46. The minimum atomic E-state index is -0.746. The zero-order valence-corrected chi connectivity index (χ0v) is 23.5. The molecule has 0 aromatic heterocycles. The number of ether oxygens (including phenoxy) is 3. The quantitative estimate of drug-likeness (QED) is 0.268. The topological polar surface area (TPSA) is 92.6 Å². The number of carbonyl (C=O) groups is 2. The average Bonchev–Trinajstić information content (AvgIpc) is 3.18. The fraction of sp³-hybridized carbons (Fsp3) is 0.484. The lowest BCUT2D eigenvalue weighted by molar-refractivity contribution is -0.908. The fourth-order valence-corrected chi connectivity index (χ4v) is 5.16. The van der Waals surface area contributed by atoms with E-state index in [0.29, 0.717) is 53.9 Å². The molecule has 2 heterocycles. The van der Waals surface area contributed by atoms with Crippen LogP contribution in [0, 0.1) is 12.8 Å². The third-order valence-electron chi connectivity index (χ3n) is 7.19. The lowest BCUT2D eigenvalue weighted by Crippen LogP contribution is -3.14. The van der Waals surface area contributed by atoms with Gasteiger partial charge in [0.15, 0.2) is 0 Å². The average molecular weight is 537 g/mol. The van der Waals surface area contributed by atoms with Crippen LogP contribution in [-0.4, -0.2) is 69.2 Å². The Morgan fingerprint density at radius 2 is 1.77 bits per heavy atom. The summed E-state index contributed by atoms with van der Waals surface area (Å²) < 4.78 is 16.8. The number of morpholine rings is 1. The van der Waals surface area contributed by atoms with Gasteiger partial charge >= 0.3 is 0 Å². The van der Waals surface area contributed by atoms with E-state index in [-0.39, 0.29) is 5.57 Å². The Morgan fingerprint density at radius 1 is 1.08 bits per heavy atom. The van der Waals surface area contributed by atoms with Crippen LogP contribution in [0.3, 0.4) is 0 Å². The Morgan fingerprint density at radius 3 is 2.41 bits per heavy atom. The third-order valence-corrected chi connectivity index (χ3v) is 7.19. The van der Waals surface area contributed by atoms with Crippen molar-refractivity contribution in [2.45, 2.75) is 40.2 Å². The highest BCUT2D eigenvalue weighted by Crippen LogP contribution is 2.40. The second-order valence-electron chi connectivity index (χ2n) is 10.6. The smallest absolute Gasteiger partial charge is 0.295 e. The Labute approximate surface area is 231 Å². The number of rotatable bonds is 11. The zero-order chi connectivity index (χ0) is 27.9. The summed E-state index contributed by atoms with van der Waals surface area (Å²) in [7, 11) is 0. The molecule has 1 N–H and O–H groups in total. The van der Waals surface area contributed by atoms with Crippen molar-refractivity contribution < 1.29 is 33.8 Å². The first-order chi connectivity index (χ1) is 18.8. The number of hydrogen-bond acceptors (Lipinski definition) is 6. The molecule has 2 aliphatic rings. The highest BCUT2D eigenvalue weighted by atomic mass is 16.5. The number of nitrogens with one attached hydrogen (secondary N) is 1. The number of nitrogens with zero attached hydrogens (tertiary/aromatic N) is 1. The van der Waals surface area contributed by atoms with Crippen LogP contribution in [0.1, 0.15) is 49.9 Å². The van der Waals surface area contributed by atoms with Crippen LogP contribution in [0.15, 0.2) is 48.0 Å².